The first kappa shape index (κ1) is 8.27. The van der Waals surface area contributed by atoms with Crippen LogP contribution in [0.15, 0.2) is 30.3 Å². The highest BCUT2D eigenvalue weighted by molar-refractivity contribution is 9.07. The van der Waals surface area contributed by atoms with Gasteiger partial charge in [0, 0.05) is 0 Å². The van der Waals surface area contributed by atoms with Crippen LogP contribution in [-0.4, -0.2) is 10.3 Å². The van der Waals surface area contributed by atoms with Gasteiger partial charge >= 0.3 is 0 Å². The van der Waals surface area contributed by atoms with E-state index in [1.54, 1.807) is 0 Å². The van der Waals surface area contributed by atoms with Gasteiger partial charge in [-0.2, -0.15) is 0 Å². The molecular formula is C8H8BrNO. The number of rotatable bonds is 3. The summed E-state index contributed by atoms with van der Waals surface area (Å²) in [6, 6.07) is 9.78. The van der Waals surface area contributed by atoms with Crippen LogP contribution >= 0.6 is 16.1 Å². The SMILES string of the molecule is O=CN(Br)Cc1ccccc1. The van der Waals surface area contributed by atoms with Crippen LogP contribution < -0.4 is 0 Å². The van der Waals surface area contributed by atoms with Crippen molar-refractivity contribution in [2.24, 2.45) is 0 Å². The predicted molar refractivity (Wildman–Crippen MR) is 47.0 cm³/mol. The number of hydrogen-bond acceptors (Lipinski definition) is 1. The average Bonchev–Trinajstić information content (AvgIpc) is 2.06. The first-order valence-corrected chi connectivity index (χ1v) is 3.95. The lowest BCUT2D eigenvalue weighted by Crippen LogP contribution is -2.07. The van der Waals surface area contributed by atoms with Crippen molar-refractivity contribution in [1.29, 1.82) is 0 Å². The Kier molecular flexibility index (Phi) is 3.11. The highest BCUT2D eigenvalue weighted by atomic mass is 79.9. The third-order valence-corrected chi connectivity index (χ3v) is 1.71. The van der Waals surface area contributed by atoms with Gasteiger partial charge in [-0.05, 0) is 5.56 Å². The molecule has 0 saturated heterocycles. The fraction of sp³-hybridized carbons (Fsp3) is 0.125. The van der Waals surface area contributed by atoms with Crippen molar-refractivity contribution in [2.75, 3.05) is 0 Å². The third-order valence-electron chi connectivity index (χ3n) is 1.29. The Labute approximate surface area is 74.2 Å². The van der Waals surface area contributed by atoms with E-state index in [2.05, 4.69) is 16.1 Å². The van der Waals surface area contributed by atoms with Gasteiger partial charge in [-0.3, -0.25) is 8.72 Å². The van der Waals surface area contributed by atoms with Gasteiger partial charge in [0.15, 0.2) is 0 Å². The van der Waals surface area contributed by atoms with E-state index < -0.39 is 0 Å². The number of carbonyl (C=O) groups is 1. The van der Waals surface area contributed by atoms with E-state index in [4.69, 9.17) is 0 Å². The zero-order valence-electron chi connectivity index (χ0n) is 5.90. The molecule has 1 rings (SSSR count). The second-order valence-corrected chi connectivity index (χ2v) is 3.06. The smallest absolute Gasteiger partial charge is 0.219 e. The minimum absolute atomic E-state index is 0.602. The van der Waals surface area contributed by atoms with E-state index in [0.717, 1.165) is 12.0 Å². The number of nitrogens with zero attached hydrogens (tertiary/aromatic N) is 1. The Balaban J connectivity index is 2.57. The first-order chi connectivity index (χ1) is 5.33. The molecule has 0 bridgehead atoms. The fourth-order valence-electron chi connectivity index (χ4n) is 0.795. The molecule has 0 fully saturated rings. The molecule has 0 aliphatic heterocycles. The summed E-state index contributed by atoms with van der Waals surface area (Å²) in [5, 5.41) is 0. The number of hydrogen-bond donors (Lipinski definition) is 0. The molecule has 0 saturated carbocycles. The molecule has 2 nitrogen and oxygen atoms in total. The van der Waals surface area contributed by atoms with Crippen molar-refractivity contribution in [2.45, 2.75) is 6.54 Å². The molecule has 3 heteroatoms. The van der Waals surface area contributed by atoms with Crippen LogP contribution in [0.4, 0.5) is 0 Å². The maximum Gasteiger partial charge on any atom is 0.219 e. The van der Waals surface area contributed by atoms with E-state index in [-0.39, 0.29) is 0 Å². The second kappa shape index (κ2) is 4.13. The van der Waals surface area contributed by atoms with Gasteiger partial charge in [-0.25, -0.2) is 0 Å². The summed E-state index contributed by atoms with van der Waals surface area (Å²) in [6.07, 6.45) is 0.743. The molecule has 0 atom stereocenters. The highest BCUT2D eigenvalue weighted by Crippen LogP contribution is 2.04. The summed E-state index contributed by atoms with van der Waals surface area (Å²) in [6.45, 7) is 0.602. The summed E-state index contributed by atoms with van der Waals surface area (Å²) >= 11 is 3.08. The standard InChI is InChI=1S/C8H8BrNO/c9-10(7-11)6-8-4-2-1-3-5-8/h1-5,7H,6H2. The van der Waals surface area contributed by atoms with Gasteiger partial charge in [0.05, 0.1) is 22.7 Å². The molecule has 0 N–H and O–H groups in total. The van der Waals surface area contributed by atoms with Crippen molar-refractivity contribution in [3.8, 4) is 0 Å². The lowest BCUT2D eigenvalue weighted by molar-refractivity contribution is -0.113. The molecule has 0 aromatic heterocycles. The molecule has 58 valence electrons. The summed E-state index contributed by atoms with van der Waals surface area (Å²) < 4.78 is 1.42. The molecule has 1 aromatic rings. The maximum absolute atomic E-state index is 10.2. The predicted octanol–water partition coefficient (Wildman–Crippen LogP) is 1.95. The Hall–Kier alpha value is -0.830. The minimum atomic E-state index is 0.602. The van der Waals surface area contributed by atoms with E-state index >= 15 is 0 Å². The molecule has 0 unspecified atom stereocenters. The van der Waals surface area contributed by atoms with Gasteiger partial charge in [-0.15, -0.1) is 0 Å². The summed E-state index contributed by atoms with van der Waals surface area (Å²) in [4.78, 5) is 10.2. The zero-order chi connectivity index (χ0) is 8.10. The van der Waals surface area contributed by atoms with E-state index in [0.29, 0.717) is 6.54 Å². The normalized spacial score (nSPS) is 9.18. The number of halogens is 1. The van der Waals surface area contributed by atoms with Crippen molar-refractivity contribution in [1.82, 2.24) is 3.93 Å². The van der Waals surface area contributed by atoms with Crippen LogP contribution in [0, 0.1) is 0 Å². The Morgan fingerprint density at radius 2 is 2.00 bits per heavy atom. The average molecular weight is 214 g/mol. The second-order valence-electron chi connectivity index (χ2n) is 2.15. The van der Waals surface area contributed by atoms with E-state index in [1.807, 2.05) is 30.3 Å². The minimum Gasteiger partial charge on any atom is -0.278 e. The van der Waals surface area contributed by atoms with Crippen LogP contribution in [0.1, 0.15) is 5.56 Å². The van der Waals surface area contributed by atoms with Crippen molar-refractivity contribution >= 4 is 22.6 Å². The molecule has 0 aliphatic carbocycles. The molecule has 1 amide bonds. The number of amides is 1. The van der Waals surface area contributed by atoms with E-state index in [9.17, 15) is 4.79 Å². The maximum atomic E-state index is 10.2. The van der Waals surface area contributed by atoms with Crippen molar-refractivity contribution in [3.63, 3.8) is 0 Å². The van der Waals surface area contributed by atoms with Crippen molar-refractivity contribution in [3.05, 3.63) is 35.9 Å². The van der Waals surface area contributed by atoms with Gasteiger partial charge in [0.1, 0.15) is 0 Å². The van der Waals surface area contributed by atoms with Gasteiger partial charge in [-0.1, -0.05) is 30.3 Å². The molecule has 0 heterocycles. The first-order valence-electron chi connectivity index (χ1n) is 3.24. The molecule has 1 aromatic carbocycles. The summed E-state index contributed by atoms with van der Waals surface area (Å²) in [5.41, 5.74) is 1.11. The lowest BCUT2D eigenvalue weighted by Gasteiger charge is -2.06. The lowest BCUT2D eigenvalue weighted by atomic mass is 10.2. The fourth-order valence-corrected chi connectivity index (χ4v) is 1.08. The van der Waals surface area contributed by atoms with Crippen LogP contribution in [0.3, 0.4) is 0 Å². The number of benzene rings is 1. The topological polar surface area (TPSA) is 20.3 Å². The van der Waals surface area contributed by atoms with Crippen LogP contribution in [0.2, 0.25) is 0 Å². The third kappa shape index (κ3) is 2.72. The van der Waals surface area contributed by atoms with Crippen molar-refractivity contribution < 1.29 is 4.79 Å². The molecule has 0 radical (unpaired) electrons. The largest absolute Gasteiger partial charge is 0.278 e. The van der Waals surface area contributed by atoms with Crippen LogP contribution in [-0.2, 0) is 11.3 Å². The van der Waals surface area contributed by atoms with Gasteiger partial charge in [0.25, 0.3) is 0 Å². The zero-order valence-corrected chi connectivity index (χ0v) is 7.49. The number of carbonyl (C=O) groups excluding carboxylic acids is 1. The highest BCUT2D eigenvalue weighted by Gasteiger charge is 1.95. The Morgan fingerprint density at radius 3 is 2.55 bits per heavy atom. The van der Waals surface area contributed by atoms with Crippen LogP contribution in [0.25, 0.3) is 0 Å². The monoisotopic (exact) mass is 213 g/mol. The molecule has 0 spiro atoms. The Bertz CT molecular complexity index is 225. The van der Waals surface area contributed by atoms with E-state index in [1.165, 1.54) is 3.93 Å². The quantitative estimate of drug-likeness (QED) is 0.556. The van der Waals surface area contributed by atoms with Crippen LogP contribution in [0.5, 0.6) is 0 Å². The molecule has 0 aliphatic rings. The molecular weight excluding hydrogens is 206 g/mol. The Morgan fingerprint density at radius 1 is 1.36 bits per heavy atom. The van der Waals surface area contributed by atoms with Gasteiger partial charge in [0.2, 0.25) is 6.41 Å². The molecule has 11 heavy (non-hydrogen) atoms. The summed E-state index contributed by atoms with van der Waals surface area (Å²) in [5.74, 6) is 0. The summed E-state index contributed by atoms with van der Waals surface area (Å²) in [7, 11) is 0. The van der Waals surface area contributed by atoms with Gasteiger partial charge < -0.3 is 0 Å².